The third kappa shape index (κ3) is 4.03. The largest absolute Gasteiger partial charge is 0.325 e. The van der Waals surface area contributed by atoms with E-state index in [2.05, 4.69) is 5.32 Å². The van der Waals surface area contributed by atoms with Crippen LogP contribution in [0.15, 0.2) is 58.2 Å². The fourth-order valence-electron chi connectivity index (χ4n) is 2.40. The van der Waals surface area contributed by atoms with Crippen LogP contribution >= 0.6 is 23.4 Å². The van der Waals surface area contributed by atoms with Gasteiger partial charge < -0.3 is 9.88 Å². The number of pyridine rings is 1. The van der Waals surface area contributed by atoms with E-state index in [0.29, 0.717) is 15.6 Å². The van der Waals surface area contributed by atoms with Gasteiger partial charge in [-0.1, -0.05) is 11.6 Å². The highest BCUT2D eigenvalue weighted by Crippen LogP contribution is 2.28. The average Bonchev–Trinajstić information content (AvgIpc) is 2.59. The van der Waals surface area contributed by atoms with Crippen LogP contribution in [0, 0.1) is 5.82 Å². The van der Waals surface area contributed by atoms with Gasteiger partial charge in [0.05, 0.1) is 11.3 Å². The molecule has 0 spiro atoms. The summed E-state index contributed by atoms with van der Waals surface area (Å²) in [6.07, 6.45) is 0. The van der Waals surface area contributed by atoms with Crippen molar-refractivity contribution in [2.45, 2.75) is 4.90 Å². The number of halogens is 2. The second-order valence-corrected chi connectivity index (χ2v) is 6.86. The summed E-state index contributed by atoms with van der Waals surface area (Å²) in [6, 6.07) is 12.3. The smallest absolute Gasteiger partial charge is 0.251 e. The Morgan fingerprint density at radius 2 is 1.92 bits per heavy atom. The normalized spacial score (nSPS) is 10.8. The number of hydrogen-bond donors (Lipinski definition) is 1. The van der Waals surface area contributed by atoms with Gasteiger partial charge >= 0.3 is 0 Å². The Hall–Kier alpha value is -2.31. The Balaban J connectivity index is 1.80. The topological polar surface area (TPSA) is 51.1 Å². The summed E-state index contributed by atoms with van der Waals surface area (Å²) in [5.41, 5.74) is 1.11. The number of carbonyl (C=O) groups excluding carboxylic acids is 1. The summed E-state index contributed by atoms with van der Waals surface area (Å²) in [7, 11) is 1.69. The van der Waals surface area contributed by atoms with Gasteiger partial charge in [-0.15, -0.1) is 11.8 Å². The van der Waals surface area contributed by atoms with Crippen LogP contribution < -0.4 is 10.9 Å². The van der Waals surface area contributed by atoms with Crippen LogP contribution in [0.4, 0.5) is 10.1 Å². The van der Waals surface area contributed by atoms with Gasteiger partial charge in [-0.3, -0.25) is 9.59 Å². The minimum atomic E-state index is -0.365. The molecule has 0 bridgehead atoms. The molecule has 128 valence electrons. The maximum absolute atomic E-state index is 12.9. The number of carbonyl (C=O) groups is 1. The van der Waals surface area contributed by atoms with Gasteiger partial charge in [0.2, 0.25) is 5.91 Å². The molecule has 0 saturated heterocycles. The summed E-state index contributed by atoms with van der Waals surface area (Å²) >= 11 is 7.31. The van der Waals surface area contributed by atoms with Crippen LogP contribution in [-0.4, -0.2) is 16.2 Å². The van der Waals surface area contributed by atoms with E-state index in [0.717, 1.165) is 10.9 Å². The first-order valence-corrected chi connectivity index (χ1v) is 8.78. The molecule has 1 heterocycles. The second-order valence-electron chi connectivity index (χ2n) is 5.41. The van der Waals surface area contributed by atoms with E-state index < -0.39 is 0 Å². The number of amides is 1. The molecule has 0 aliphatic heterocycles. The van der Waals surface area contributed by atoms with Crippen LogP contribution in [0.1, 0.15) is 0 Å². The van der Waals surface area contributed by atoms with Crippen LogP contribution in [-0.2, 0) is 11.8 Å². The molecule has 2 aromatic carbocycles. The summed E-state index contributed by atoms with van der Waals surface area (Å²) in [5.74, 6) is -0.491. The lowest BCUT2D eigenvalue weighted by Gasteiger charge is -2.10. The van der Waals surface area contributed by atoms with Crippen molar-refractivity contribution in [2.75, 3.05) is 11.1 Å². The molecular formula is C18H14ClFN2O2S. The van der Waals surface area contributed by atoms with Gasteiger partial charge in [0.15, 0.2) is 0 Å². The number of anilines is 1. The first-order chi connectivity index (χ1) is 11.9. The SMILES string of the molecule is Cn1c(=O)cc(SCC(=O)Nc2ccc(F)cc2)c2cc(Cl)ccc21. The minimum absolute atomic E-state index is 0.117. The van der Waals surface area contributed by atoms with E-state index >= 15 is 0 Å². The molecular weight excluding hydrogens is 363 g/mol. The zero-order chi connectivity index (χ0) is 18.0. The van der Waals surface area contributed by atoms with E-state index in [1.54, 1.807) is 25.2 Å². The summed E-state index contributed by atoms with van der Waals surface area (Å²) in [5, 5.41) is 4.06. The molecule has 1 N–H and O–H groups in total. The summed E-state index contributed by atoms with van der Waals surface area (Å²) in [4.78, 5) is 24.9. The number of thioether (sulfide) groups is 1. The molecule has 4 nitrogen and oxygen atoms in total. The van der Waals surface area contributed by atoms with Gasteiger partial charge in [-0.25, -0.2) is 4.39 Å². The Morgan fingerprint density at radius 1 is 1.20 bits per heavy atom. The quantitative estimate of drug-likeness (QED) is 0.698. The Morgan fingerprint density at radius 3 is 2.64 bits per heavy atom. The molecule has 0 saturated carbocycles. The van der Waals surface area contributed by atoms with Gasteiger partial charge in [0.1, 0.15) is 5.82 Å². The number of rotatable bonds is 4. The predicted octanol–water partition coefficient (Wildman–Crippen LogP) is 4.06. The van der Waals surface area contributed by atoms with Gasteiger partial charge in [-0.05, 0) is 42.5 Å². The molecule has 25 heavy (non-hydrogen) atoms. The Kier molecular flexibility index (Phi) is 5.11. The van der Waals surface area contributed by atoms with E-state index in [1.807, 2.05) is 0 Å². The van der Waals surface area contributed by atoms with Crippen LogP contribution in [0.3, 0.4) is 0 Å². The van der Waals surface area contributed by atoms with Crippen molar-refractivity contribution < 1.29 is 9.18 Å². The number of aryl methyl sites for hydroxylation is 1. The van der Waals surface area contributed by atoms with E-state index in [9.17, 15) is 14.0 Å². The molecule has 0 fully saturated rings. The zero-order valence-corrected chi connectivity index (χ0v) is 14.8. The lowest BCUT2D eigenvalue weighted by Crippen LogP contribution is -2.17. The van der Waals surface area contributed by atoms with Crippen molar-refractivity contribution in [3.63, 3.8) is 0 Å². The highest BCUT2D eigenvalue weighted by atomic mass is 35.5. The monoisotopic (exact) mass is 376 g/mol. The molecule has 0 unspecified atom stereocenters. The Labute approximate surface area is 152 Å². The van der Waals surface area contributed by atoms with Crippen LogP contribution in [0.25, 0.3) is 10.9 Å². The maximum atomic E-state index is 12.9. The van der Waals surface area contributed by atoms with Gasteiger partial charge in [0, 0.05) is 34.1 Å². The fraction of sp³-hybridized carbons (Fsp3) is 0.111. The molecule has 0 radical (unpaired) electrons. The molecule has 3 aromatic rings. The number of aromatic nitrogens is 1. The number of fused-ring (bicyclic) bond motifs is 1. The highest BCUT2D eigenvalue weighted by molar-refractivity contribution is 8.00. The van der Waals surface area contributed by atoms with E-state index in [-0.39, 0.29) is 23.0 Å². The molecule has 1 amide bonds. The first-order valence-electron chi connectivity index (χ1n) is 7.41. The van der Waals surface area contributed by atoms with E-state index in [1.165, 1.54) is 46.7 Å². The molecule has 7 heteroatoms. The van der Waals surface area contributed by atoms with Crippen LogP contribution in [0.2, 0.25) is 5.02 Å². The third-order valence-electron chi connectivity index (χ3n) is 3.66. The predicted molar refractivity (Wildman–Crippen MR) is 100.0 cm³/mol. The number of nitrogens with zero attached hydrogens (tertiary/aromatic N) is 1. The highest BCUT2D eigenvalue weighted by Gasteiger charge is 2.10. The van der Waals surface area contributed by atoms with Crippen molar-refractivity contribution in [2.24, 2.45) is 7.05 Å². The molecule has 0 atom stereocenters. The lowest BCUT2D eigenvalue weighted by atomic mass is 10.2. The maximum Gasteiger partial charge on any atom is 0.251 e. The number of nitrogens with one attached hydrogen (secondary N) is 1. The summed E-state index contributed by atoms with van der Waals surface area (Å²) < 4.78 is 14.4. The zero-order valence-electron chi connectivity index (χ0n) is 13.3. The average molecular weight is 377 g/mol. The third-order valence-corrected chi connectivity index (χ3v) is 4.95. The minimum Gasteiger partial charge on any atom is -0.325 e. The van der Waals surface area contributed by atoms with Crippen molar-refractivity contribution >= 4 is 45.9 Å². The lowest BCUT2D eigenvalue weighted by molar-refractivity contribution is -0.113. The molecule has 0 aliphatic carbocycles. The van der Waals surface area contributed by atoms with Crippen LogP contribution in [0.5, 0.6) is 0 Å². The van der Waals surface area contributed by atoms with Gasteiger partial charge in [0.25, 0.3) is 5.56 Å². The summed E-state index contributed by atoms with van der Waals surface area (Å²) in [6.45, 7) is 0. The molecule has 3 rings (SSSR count). The molecule has 1 aromatic heterocycles. The van der Waals surface area contributed by atoms with Crippen molar-refractivity contribution in [1.82, 2.24) is 4.57 Å². The fourth-order valence-corrected chi connectivity index (χ4v) is 3.43. The first kappa shape index (κ1) is 17.5. The Bertz CT molecular complexity index is 1000. The second kappa shape index (κ2) is 7.29. The van der Waals surface area contributed by atoms with Crippen molar-refractivity contribution in [3.8, 4) is 0 Å². The number of benzene rings is 2. The van der Waals surface area contributed by atoms with Crippen molar-refractivity contribution in [3.05, 3.63) is 69.7 Å². The van der Waals surface area contributed by atoms with Crippen molar-refractivity contribution in [1.29, 1.82) is 0 Å². The number of hydrogen-bond acceptors (Lipinski definition) is 3. The standard InChI is InChI=1S/C18H14ClFN2O2S/c1-22-15-7-2-11(19)8-14(15)16(9-18(22)24)25-10-17(23)21-13-5-3-12(20)4-6-13/h2-9H,10H2,1H3,(H,21,23). The van der Waals surface area contributed by atoms with Gasteiger partial charge in [-0.2, -0.15) is 0 Å². The van der Waals surface area contributed by atoms with E-state index in [4.69, 9.17) is 11.6 Å². The molecule has 0 aliphatic rings.